The summed E-state index contributed by atoms with van der Waals surface area (Å²) in [6.07, 6.45) is -4.62. The molecule has 0 saturated heterocycles. The van der Waals surface area contributed by atoms with Gasteiger partial charge in [0.2, 0.25) is 0 Å². The number of hydrogen-bond acceptors (Lipinski definition) is 6. The summed E-state index contributed by atoms with van der Waals surface area (Å²) in [4.78, 5) is 19.3. The van der Waals surface area contributed by atoms with Crippen molar-refractivity contribution in [1.82, 2.24) is 24.9 Å². The summed E-state index contributed by atoms with van der Waals surface area (Å²) < 4.78 is 77.8. The van der Waals surface area contributed by atoms with Gasteiger partial charge in [-0.2, -0.15) is 26.3 Å². The number of hydrogen-bond donors (Lipinski definition) is 1. The van der Waals surface area contributed by atoms with Crippen LogP contribution >= 0.6 is 0 Å². The van der Waals surface area contributed by atoms with Crippen LogP contribution in [0, 0.1) is 0 Å². The number of nitrogens with one attached hydrogen (secondary N) is 1. The Kier molecular flexibility index (Phi) is 4.91. The van der Waals surface area contributed by atoms with Crippen LogP contribution in [-0.2, 0) is 12.4 Å². The largest absolute Gasteiger partial charge is 0.433 e. The summed E-state index contributed by atoms with van der Waals surface area (Å²) in [6.45, 7) is 0. The molecule has 1 N–H and O–H groups in total. The maximum atomic E-state index is 13.3. The standard InChI is InChI=1S/C19H10F6N6/c20-18(21,22)12-2-1-5-26-15(12)10-6-13-16(28-7-10)17(30-9-29-13)31-11-3-4-14(27-8-11)19(23,24)25/h1-9H,(H,29,30,31). The van der Waals surface area contributed by atoms with E-state index < -0.39 is 23.6 Å². The predicted octanol–water partition coefficient (Wildman–Crippen LogP) is 5.26. The van der Waals surface area contributed by atoms with Crippen molar-refractivity contribution in [1.29, 1.82) is 0 Å². The first-order valence-corrected chi connectivity index (χ1v) is 8.56. The van der Waals surface area contributed by atoms with Crippen LogP contribution in [0.25, 0.3) is 22.3 Å². The monoisotopic (exact) mass is 436 g/mol. The minimum Gasteiger partial charge on any atom is -0.337 e. The SMILES string of the molecule is FC(F)(F)c1ccc(Nc2ncnc3cc(-c4ncccc4C(F)(F)F)cnc23)cn1. The Hall–Kier alpha value is -3.83. The van der Waals surface area contributed by atoms with Crippen LogP contribution in [0.3, 0.4) is 0 Å². The molecule has 4 aromatic rings. The minimum atomic E-state index is -4.60. The van der Waals surface area contributed by atoms with Gasteiger partial charge in [-0.05, 0) is 30.3 Å². The quantitative estimate of drug-likeness (QED) is 0.442. The number of nitrogens with zero attached hydrogens (tertiary/aromatic N) is 5. The second-order valence-electron chi connectivity index (χ2n) is 6.27. The highest BCUT2D eigenvalue weighted by molar-refractivity contribution is 5.89. The van der Waals surface area contributed by atoms with Crippen LogP contribution in [-0.4, -0.2) is 24.9 Å². The molecule has 0 aliphatic heterocycles. The Labute approximate surface area is 170 Å². The molecule has 0 aliphatic carbocycles. The van der Waals surface area contributed by atoms with Crippen LogP contribution in [0.4, 0.5) is 37.8 Å². The van der Waals surface area contributed by atoms with Gasteiger partial charge in [-0.25, -0.2) is 19.9 Å². The topological polar surface area (TPSA) is 76.5 Å². The van der Waals surface area contributed by atoms with Crippen LogP contribution < -0.4 is 5.32 Å². The molecule has 158 valence electrons. The molecule has 0 bridgehead atoms. The molecule has 6 nitrogen and oxygen atoms in total. The van der Waals surface area contributed by atoms with E-state index in [-0.39, 0.29) is 33.8 Å². The normalized spacial score (nSPS) is 12.2. The third-order valence-electron chi connectivity index (χ3n) is 4.18. The Morgan fingerprint density at radius 3 is 2.26 bits per heavy atom. The van der Waals surface area contributed by atoms with Crippen LogP contribution in [0.15, 0.2) is 55.2 Å². The van der Waals surface area contributed by atoms with E-state index >= 15 is 0 Å². The predicted molar refractivity (Wildman–Crippen MR) is 98.1 cm³/mol. The highest BCUT2D eigenvalue weighted by Gasteiger charge is 2.34. The lowest BCUT2D eigenvalue weighted by atomic mass is 10.1. The van der Waals surface area contributed by atoms with E-state index in [2.05, 4.69) is 30.2 Å². The van der Waals surface area contributed by atoms with Gasteiger partial charge in [-0.3, -0.25) is 4.98 Å². The lowest BCUT2D eigenvalue weighted by Gasteiger charge is -2.12. The average molecular weight is 436 g/mol. The van der Waals surface area contributed by atoms with Gasteiger partial charge < -0.3 is 5.32 Å². The highest BCUT2D eigenvalue weighted by atomic mass is 19.4. The van der Waals surface area contributed by atoms with Gasteiger partial charge in [-0.15, -0.1) is 0 Å². The van der Waals surface area contributed by atoms with E-state index in [0.29, 0.717) is 0 Å². The van der Waals surface area contributed by atoms with E-state index in [1.54, 1.807) is 0 Å². The molecule has 0 radical (unpaired) electrons. The van der Waals surface area contributed by atoms with Gasteiger partial charge in [0, 0.05) is 18.0 Å². The summed E-state index contributed by atoms with van der Waals surface area (Å²) in [5, 5.41) is 2.78. The van der Waals surface area contributed by atoms with E-state index in [0.717, 1.165) is 24.7 Å². The van der Waals surface area contributed by atoms with Crippen LogP contribution in [0.5, 0.6) is 0 Å². The van der Waals surface area contributed by atoms with Gasteiger partial charge in [0.1, 0.15) is 17.5 Å². The summed E-state index contributed by atoms with van der Waals surface area (Å²) >= 11 is 0. The van der Waals surface area contributed by atoms with Crippen molar-refractivity contribution in [3.8, 4) is 11.3 Å². The zero-order chi connectivity index (χ0) is 22.2. The lowest BCUT2D eigenvalue weighted by Crippen LogP contribution is -2.08. The molecule has 4 aromatic heterocycles. The molecule has 0 aliphatic rings. The molecular formula is C19H10F6N6. The van der Waals surface area contributed by atoms with Gasteiger partial charge in [0.15, 0.2) is 5.82 Å². The van der Waals surface area contributed by atoms with Crippen molar-refractivity contribution >= 4 is 22.5 Å². The fourth-order valence-corrected chi connectivity index (χ4v) is 2.80. The first-order valence-electron chi connectivity index (χ1n) is 8.56. The molecule has 0 fully saturated rings. The van der Waals surface area contributed by atoms with Crippen LogP contribution in [0.1, 0.15) is 11.3 Å². The number of anilines is 2. The first-order chi connectivity index (χ1) is 14.6. The van der Waals surface area contributed by atoms with Gasteiger partial charge in [0.25, 0.3) is 0 Å². The molecule has 31 heavy (non-hydrogen) atoms. The third kappa shape index (κ3) is 4.22. The van der Waals surface area contributed by atoms with Crippen molar-refractivity contribution < 1.29 is 26.3 Å². The minimum absolute atomic E-state index is 0.0984. The van der Waals surface area contributed by atoms with Crippen molar-refractivity contribution in [2.75, 3.05) is 5.32 Å². The van der Waals surface area contributed by atoms with Crippen molar-refractivity contribution in [3.05, 3.63) is 66.5 Å². The zero-order valence-corrected chi connectivity index (χ0v) is 15.2. The molecule has 4 heterocycles. The number of halogens is 6. The van der Waals surface area contributed by atoms with Gasteiger partial charge in [-0.1, -0.05) is 0 Å². The van der Waals surface area contributed by atoms with E-state index in [4.69, 9.17) is 0 Å². The van der Waals surface area contributed by atoms with Crippen LogP contribution in [0.2, 0.25) is 0 Å². The Balaban J connectivity index is 1.70. The maximum absolute atomic E-state index is 13.3. The van der Waals surface area contributed by atoms with E-state index in [1.807, 2.05) is 0 Å². The Morgan fingerprint density at radius 1 is 0.774 bits per heavy atom. The third-order valence-corrected chi connectivity index (χ3v) is 4.18. The second kappa shape index (κ2) is 7.45. The lowest BCUT2D eigenvalue weighted by molar-refractivity contribution is -0.141. The molecule has 0 aromatic carbocycles. The first kappa shape index (κ1) is 20.4. The van der Waals surface area contributed by atoms with Crippen molar-refractivity contribution in [2.24, 2.45) is 0 Å². The fourth-order valence-electron chi connectivity index (χ4n) is 2.80. The molecule has 0 unspecified atom stereocenters. The number of fused-ring (bicyclic) bond motifs is 1. The van der Waals surface area contributed by atoms with Gasteiger partial charge >= 0.3 is 12.4 Å². The Morgan fingerprint density at radius 2 is 1.58 bits per heavy atom. The van der Waals surface area contributed by atoms with Crippen molar-refractivity contribution in [3.63, 3.8) is 0 Å². The number of rotatable bonds is 3. The van der Waals surface area contributed by atoms with E-state index in [9.17, 15) is 26.3 Å². The molecule has 0 atom stereocenters. The second-order valence-corrected chi connectivity index (χ2v) is 6.27. The van der Waals surface area contributed by atoms with E-state index in [1.165, 1.54) is 30.6 Å². The summed E-state index contributed by atoms with van der Waals surface area (Å²) in [6, 6.07) is 5.44. The van der Waals surface area contributed by atoms with Gasteiger partial charge in [0.05, 0.1) is 28.7 Å². The smallest absolute Gasteiger partial charge is 0.337 e. The molecule has 0 amide bonds. The molecule has 12 heteroatoms. The molecule has 0 saturated carbocycles. The molecule has 0 spiro atoms. The maximum Gasteiger partial charge on any atom is 0.433 e. The zero-order valence-electron chi connectivity index (χ0n) is 15.2. The number of aromatic nitrogens is 5. The fraction of sp³-hybridized carbons (Fsp3) is 0.105. The molecule has 4 rings (SSSR count). The highest BCUT2D eigenvalue weighted by Crippen LogP contribution is 2.36. The summed E-state index contributed by atoms with van der Waals surface area (Å²) in [5.74, 6) is 0.148. The number of pyridine rings is 3. The summed E-state index contributed by atoms with van der Waals surface area (Å²) in [5.41, 5.74) is -1.54. The molecular weight excluding hydrogens is 426 g/mol. The van der Waals surface area contributed by atoms with Crippen molar-refractivity contribution in [2.45, 2.75) is 12.4 Å². The Bertz CT molecular complexity index is 1240. The summed E-state index contributed by atoms with van der Waals surface area (Å²) in [7, 11) is 0. The average Bonchev–Trinajstić information content (AvgIpc) is 2.73. The number of alkyl halides is 6.